The third kappa shape index (κ3) is 2.62. The number of likely N-dealkylation sites (tertiary alicyclic amines) is 1. The molecular formula is C17H18N4O3. The number of hydrogen-bond acceptors (Lipinski definition) is 5. The Balaban J connectivity index is 1.56. The first-order valence-electron chi connectivity index (χ1n) is 8.00. The van der Waals surface area contributed by atoms with Gasteiger partial charge in [0.2, 0.25) is 5.76 Å². The molecule has 1 saturated heterocycles. The minimum Gasteiger partial charge on any atom is -0.461 e. The molecule has 1 aliphatic heterocycles. The van der Waals surface area contributed by atoms with Crippen molar-refractivity contribution in [1.29, 1.82) is 0 Å². The number of furan rings is 1. The third-order valence-electron chi connectivity index (χ3n) is 4.30. The van der Waals surface area contributed by atoms with Crippen LogP contribution in [-0.2, 0) is 0 Å². The highest BCUT2D eigenvalue weighted by molar-refractivity contribution is 5.97. The Labute approximate surface area is 138 Å². The fraction of sp³-hybridized carbons (Fsp3) is 0.353. The molecule has 1 aliphatic rings. The van der Waals surface area contributed by atoms with E-state index in [1.165, 1.54) is 6.39 Å². The Kier molecular flexibility index (Phi) is 3.68. The molecule has 0 bridgehead atoms. The maximum atomic E-state index is 12.9. The first kappa shape index (κ1) is 14.7. The van der Waals surface area contributed by atoms with E-state index in [2.05, 4.69) is 10.1 Å². The van der Waals surface area contributed by atoms with E-state index in [0.29, 0.717) is 30.3 Å². The number of aromatic nitrogens is 3. The van der Waals surface area contributed by atoms with Crippen molar-refractivity contribution >= 4 is 5.91 Å². The van der Waals surface area contributed by atoms with Crippen LogP contribution in [0.3, 0.4) is 0 Å². The Morgan fingerprint density at radius 1 is 1.38 bits per heavy atom. The number of aryl methyl sites for hydroxylation is 1. The predicted molar refractivity (Wildman–Crippen MR) is 85.3 cm³/mol. The van der Waals surface area contributed by atoms with E-state index in [1.54, 1.807) is 18.4 Å². The van der Waals surface area contributed by atoms with Gasteiger partial charge >= 0.3 is 0 Å². The normalized spacial score (nSPS) is 18.0. The second-order valence-corrected chi connectivity index (χ2v) is 6.05. The molecule has 3 aromatic rings. The first-order valence-corrected chi connectivity index (χ1v) is 8.00. The molecule has 1 atom stereocenters. The average Bonchev–Trinajstić information content (AvgIpc) is 3.34. The molecule has 4 heterocycles. The number of hydrogen-bond donors (Lipinski definition) is 0. The maximum absolute atomic E-state index is 12.9. The summed E-state index contributed by atoms with van der Waals surface area (Å²) in [6.07, 6.45) is 8.63. The van der Waals surface area contributed by atoms with Gasteiger partial charge in [-0.25, -0.2) is 4.98 Å². The molecule has 0 spiro atoms. The second-order valence-electron chi connectivity index (χ2n) is 6.05. The van der Waals surface area contributed by atoms with Crippen LogP contribution in [0.2, 0.25) is 0 Å². The predicted octanol–water partition coefficient (Wildman–Crippen LogP) is 2.92. The Morgan fingerprint density at radius 2 is 2.29 bits per heavy atom. The highest BCUT2D eigenvalue weighted by atomic mass is 16.4. The van der Waals surface area contributed by atoms with Gasteiger partial charge in [-0.1, -0.05) is 0 Å². The first-order chi connectivity index (χ1) is 11.7. The van der Waals surface area contributed by atoms with Crippen molar-refractivity contribution in [3.8, 4) is 11.5 Å². The lowest BCUT2D eigenvalue weighted by molar-refractivity contribution is 0.0667. The van der Waals surface area contributed by atoms with Gasteiger partial charge in [-0.15, -0.1) is 0 Å². The molecule has 24 heavy (non-hydrogen) atoms. The van der Waals surface area contributed by atoms with Crippen LogP contribution in [0, 0.1) is 6.92 Å². The number of carbonyl (C=O) groups is 1. The third-order valence-corrected chi connectivity index (χ3v) is 4.30. The lowest BCUT2D eigenvalue weighted by Crippen LogP contribution is -2.41. The summed E-state index contributed by atoms with van der Waals surface area (Å²) in [5.41, 5.74) is 1.41. The molecule has 7 nitrogen and oxygen atoms in total. The van der Waals surface area contributed by atoms with Gasteiger partial charge in [0.1, 0.15) is 0 Å². The molecule has 7 heteroatoms. The number of carbonyl (C=O) groups excluding carboxylic acids is 1. The Bertz CT molecular complexity index is 834. The lowest BCUT2D eigenvalue weighted by atomic mass is 10.1. The van der Waals surface area contributed by atoms with Crippen molar-refractivity contribution < 1.29 is 13.6 Å². The van der Waals surface area contributed by atoms with Gasteiger partial charge in [-0.2, -0.15) is 5.10 Å². The van der Waals surface area contributed by atoms with E-state index in [0.717, 1.165) is 18.4 Å². The molecule has 1 fully saturated rings. The molecule has 4 rings (SSSR count). The highest BCUT2D eigenvalue weighted by Gasteiger charge is 2.30. The highest BCUT2D eigenvalue weighted by Crippen LogP contribution is 2.27. The van der Waals surface area contributed by atoms with Crippen LogP contribution in [0.1, 0.15) is 34.9 Å². The van der Waals surface area contributed by atoms with Crippen LogP contribution in [0.5, 0.6) is 0 Å². The summed E-state index contributed by atoms with van der Waals surface area (Å²) in [5.74, 6) is 0.748. The van der Waals surface area contributed by atoms with Gasteiger partial charge in [-0.3, -0.25) is 9.48 Å². The molecule has 0 aliphatic carbocycles. The zero-order valence-corrected chi connectivity index (χ0v) is 13.4. The van der Waals surface area contributed by atoms with Crippen molar-refractivity contribution in [3.05, 3.63) is 48.4 Å². The molecule has 0 radical (unpaired) electrons. The van der Waals surface area contributed by atoms with Crippen LogP contribution >= 0.6 is 0 Å². The van der Waals surface area contributed by atoms with E-state index in [-0.39, 0.29) is 11.9 Å². The summed E-state index contributed by atoms with van der Waals surface area (Å²) in [7, 11) is 0. The van der Waals surface area contributed by atoms with E-state index in [9.17, 15) is 4.79 Å². The number of nitrogens with zero attached hydrogens (tertiary/aromatic N) is 4. The fourth-order valence-electron chi connectivity index (χ4n) is 3.12. The van der Waals surface area contributed by atoms with Gasteiger partial charge in [-0.05, 0) is 37.5 Å². The smallest absolute Gasteiger partial charge is 0.276 e. The van der Waals surface area contributed by atoms with Crippen LogP contribution in [0.15, 0.2) is 46.0 Å². The van der Waals surface area contributed by atoms with Gasteiger partial charge < -0.3 is 13.7 Å². The monoisotopic (exact) mass is 326 g/mol. The summed E-state index contributed by atoms with van der Waals surface area (Å²) in [6.45, 7) is 3.34. The molecule has 0 N–H and O–H groups in total. The van der Waals surface area contributed by atoms with E-state index in [1.807, 2.05) is 28.9 Å². The van der Waals surface area contributed by atoms with Crippen molar-refractivity contribution in [2.75, 3.05) is 13.1 Å². The van der Waals surface area contributed by atoms with Gasteiger partial charge in [0.15, 0.2) is 17.8 Å². The van der Waals surface area contributed by atoms with Crippen molar-refractivity contribution in [1.82, 2.24) is 19.7 Å². The van der Waals surface area contributed by atoms with Crippen LogP contribution in [0.4, 0.5) is 0 Å². The summed E-state index contributed by atoms with van der Waals surface area (Å²) in [5, 5.41) is 4.38. The van der Waals surface area contributed by atoms with Crippen LogP contribution in [-0.4, -0.2) is 38.7 Å². The minimum atomic E-state index is -0.135. The summed E-state index contributed by atoms with van der Waals surface area (Å²) < 4.78 is 12.6. The zero-order chi connectivity index (χ0) is 16.5. The molecule has 0 aromatic carbocycles. The number of amides is 1. The van der Waals surface area contributed by atoms with E-state index >= 15 is 0 Å². The van der Waals surface area contributed by atoms with E-state index in [4.69, 9.17) is 8.83 Å². The molecule has 3 aromatic heterocycles. The molecule has 124 valence electrons. The van der Waals surface area contributed by atoms with Gasteiger partial charge in [0, 0.05) is 19.3 Å². The van der Waals surface area contributed by atoms with Crippen molar-refractivity contribution in [3.63, 3.8) is 0 Å². The van der Waals surface area contributed by atoms with Crippen molar-refractivity contribution in [2.45, 2.75) is 25.8 Å². The summed E-state index contributed by atoms with van der Waals surface area (Å²) >= 11 is 0. The standard InChI is InChI=1S/C17H18N4O3/c1-12-8-19-21(9-12)13-4-2-6-20(10-13)17(22)15-16(24-11-18-15)14-5-3-7-23-14/h3,5,7-9,11,13H,2,4,6,10H2,1H3. The Morgan fingerprint density at radius 3 is 3.04 bits per heavy atom. The molecule has 0 saturated carbocycles. The minimum absolute atomic E-state index is 0.135. The largest absolute Gasteiger partial charge is 0.461 e. The molecule has 1 unspecified atom stereocenters. The second kappa shape index (κ2) is 5.99. The lowest BCUT2D eigenvalue weighted by Gasteiger charge is -2.32. The average molecular weight is 326 g/mol. The quantitative estimate of drug-likeness (QED) is 0.739. The van der Waals surface area contributed by atoms with Crippen molar-refractivity contribution in [2.24, 2.45) is 0 Å². The summed E-state index contributed by atoms with van der Waals surface area (Å²) in [6, 6.07) is 3.70. The van der Waals surface area contributed by atoms with Crippen LogP contribution < -0.4 is 0 Å². The fourth-order valence-corrected chi connectivity index (χ4v) is 3.12. The van der Waals surface area contributed by atoms with Crippen LogP contribution in [0.25, 0.3) is 11.5 Å². The van der Waals surface area contributed by atoms with E-state index < -0.39 is 0 Å². The SMILES string of the molecule is Cc1cnn(C2CCCN(C(=O)c3ncoc3-c3ccco3)C2)c1. The molecular weight excluding hydrogens is 308 g/mol. The molecule has 1 amide bonds. The zero-order valence-electron chi connectivity index (χ0n) is 13.4. The number of piperidine rings is 1. The van der Waals surface area contributed by atoms with Gasteiger partial charge in [0.05, 0.1) is 18.5 Å². The number of rotatable bonds is 3. The number of oxazole rings is 1. The Hall–Kier alpha value is -2.83. The van der Waals surface area contributed by atoms with Gasteiger partial charge in [0.25, 0.3) is 5.91 Å². The maximum Gasteiger partial charge on any atom is 0.276 e. The topological polar surface area (TPSA) is 77.3 Å². The summed E-state index contributed by atoms with van der Waals surface area (Å²) in [4.78, 5) is 18.8.